The van der Waals surface area contributed by atoms with E-state index in [1.807, 2.05) is 24.3 Å². The number of hydrogen-bond acceptors (Lipinski definition) is 5. The zero-order valence-electron chi connectivity index (χ0n) is 16.3. The summed E-state index contributed by atoms with van der Waals surface area (Å²) in [6, 6.07) is 9.36. The first kappa shape index (κ1) is 19.0. The Morgan fingerprint density at radius 3 is 2.36 bits per heavy atom. The Morgan fingerprint density at radius 2 is 1.61 bits per heavy atom. The van der Waals surface area contributed by atoms with E-state index in [1.165, 1.54) is 17.5 Å². The lowest BCUT2D eigenvalue weighted by Gasteiger charge is -2.20. The van der Waals surface area contributed by atoms with Gasteiger partial charge in [0.05, 0.1) is 30.6 Å². The minimum absolute atomic E-state index is 0.103. The van der Waals surface area contributed by atoms with Gasteiger partial charge in [0.1, 0.15) is 0 Å². The van der Waals surface area contributed by atoms with Crippen LogP contribution in [0.15, 0.2) is 40.2 Å². The van der Waals surface area contributed by atoms with Gasteiger partial charge in [-0.15, -0.1) is 0 Å². The first-order valence-electron chi connectivity index (χ1n) is 9.65. The van der Waals surface area contributed by atoms with E-state index >= 15 is 0 Å². The zero-order chi connectivity index (χ0) is 19.7. The van der Waals surface area contributed by atoms with Crippen molar-refractivity contribution in [1.82, 2.24) is 0 Å². The molecule has 0 bridgehead atoms. The Kier molecular flexibility index (Phi) is 5.15. The molecule has 28 heavy (non-hydrogen) atoms. The molecule has 0 spiro atoms. The average Bonchev–Trinajstić information content (AvgIpc) is 2.72. The Bertz CT molecular complexity index is 1040. The average molecular weight is 400 g/mol. The van der Waals surface area contributed by atoms with Gasteiger partial charge in [-0.1, -0.05) is 6.07 Å². The summed E-state index contributed by atoms with van der Waals surface area (Å²) in [5, 5.41) is 0. The van der Waals surface area contributed by atoms with Crippen molar-refractivity contribution in [2.45, 2.75) is 37.0 Å². The molecule has 0 fully saturated rings. The van der Waals surface area contributed by atoms with Crippen molar-refractivity contribution in [2.24, 2.45) is 4.99 Å². The third-order valence-corrected chi connectivity index (χ3v) is 7.24. The Labute approximate surface area is 166 Å². The standard InChI is InChI=1S/C22H25NO4S/c1-26-21-12-17-9-10-23-20(19(17)13-22(21)27-2)14-28(24,25)18-8-7-15-5-3-4-6-16(15)11-18/h7-8,11-13H,3-6,9-10,14H2,1-2H3. The van der Waals surface area contributed by atoms with Gasteiger partial charge in [0.15, 0.2) is 21.3 Å². The summed E-state index contributed by atoms with van der Waals surface area (Å²) in [7, 11) is -0.297. The van der Waals surface area contributed by atoms with Crippen LogP contribution in [-0.2, 0) is 29.1 Å². The number of aryl methyl sites for hydroxylation is 2. The molecule has 2 aliphatic rings. The van der Waals surface area contributed by atoms with Gasteiger partial charge in [0.2, 0.25) is 0 Å². The molecule has 6 heteroatoms. The SMILES string of the molecule is COc1cc2c(cc1OC)C(CS(=O)(=O)c1ccc3c(c1)CCCC3)=NCC2. The minimum atomic E-state index is -3.47. The second-order valence-corrected chi connectivity index (χ2v) is 9.33. The molecule has 0 unspecified atom stereocenters. The van der Waals surface area contributed by atoms with Gasteiger partial charge >= 0.3 is 0 Å². The van der Waals surface area contributed by atoms with Crippen LogP contribution in [0.5, 0.6) is 11.5 Å². The molecule has 0 radical (unpaired) electrons. The maximum atomic E-state index is 13.1. The van der Waals surface area contributed by atoms with Crippen LogP contribution in [0.4, 0.5) is 0 Å². The van der Waals surface area contributed by atoms with E-state index in [2.05, 4.69) is 4.99 Å². The molecule has 2 aromatic carbocycles. The quantitative estimate of drug-likeness (QED) is 0.773. The summed E-state index contributed by atoms with van der Waals surface area (Å²) in [5.74, 6) is 1.14. The van der Waals surface area contributed by atoms with E-state index in [1.54, 1.807) is 20.3 Å². The Hall–Kier alpha value is -2.34. The fourth-order valence-corrected chi connectivity index (χ4v) is 5.45. The van der Waals surface area contributed by atoms with Gasteiger partial charge in [-0.2, -0.15) is 0 Å². The molecule has 0 saturated carbocycles. The molecule has 1 aliphatic carbocycles. The lowest BCUT2D eigenvalue weighted by molar-refractivity contribution is 0.354. The molecular weight excluding hydrogens is 374 g/mol. The molecular formula is C22H25NO4S. The van der Waals surface area contributed by atoms with Crippen LogP contribution in [-0.4, -0.2) is 40.6 Å². The van der Waals surface area contributed by atoms with Crippen molar-refractivity contribution in [3.63, 3.8) is 0 Å². The van der Waals surface area contributed by atoms with Crippen LogP contribution in [0.25, 0.3) is 0 Å². The van der Waals surface area contributed by atoms with Gasteiger partial charge in [0, 0.05) is 12.1 Å². The molecule has 0 amide bonds. The highest BCUT2D eigenvalue weighted by atomic mass is 32.2. The zero-order valence-corrected chi connectivity index (χ0v) is 17.1. The third-order valence-electron chi connectivity index (χ3n) is 5.61. The van der Waals surface area contributed by atoms with Crippen molar-refractivity contribution in [3.8, 4) is 11.5 Å². The van der Waals surface area contributed by atoms with E-state index in [0.29, 0.717) is 28.7 Å². The molecule has 4 rings (SSSR count). The second kappa shape index (κ2) is 7.59. The number of fused-ring (bicyclic) bond motifs is 2. The van der Waals surface area contributed by atoms with Crippen molar-refractivity contribution in [3.05, 3.63) is 52.6 Å². The van der Waals surface area contributed by atoms with E-state index < -0.39 is 9.84 Å². The first-order valence-corrected chi connectivity index (χ1v) is 11.3. The molecule has 0 N–H and O–H groups in total. The summed E-state index contributed by atoms with van der Waals surface area (Å²) < 4.78 is 37.0. The minimum Gasteiger partial charge on any atom is -0.493 e. The molecule has 0 saturated heterocycles. The van der Waals surface area contributed by atoms with E-state index in [-0.39, 0.29) is 5.75 Å². The van der Waals surface area contributed by atoms with Crippen LogP contribution in [0, 0.1) is 0 Å². The number of methoxy groups -OCH3 is 2. The fourth-order valence-electron chi connectivity index (χ4n) is 4.08. The summed E-state index contributed by atoms with van der Waals surface area (Å²) in [5.41, 5.74) is 4.93. The largest absolute Gasteiger partial charge is 0.493 e. The fraction of sp³-hybridized carbons (Fsp3) is 0.409. The maximum absolute atomic E-state index is 13.1. The lowest BCUT2D eigenvalue weighted by Crippen LogP contribution is -2.23. The first-order chi connectivity index (χ1) is 13.5. The van der Waals surface area contributed by atoms with E-state index in [0.717, 1.165) is 36.8 Å². The van der Waals surface area contributed by atoms with Crippen molar-refractivity contribution >= 4 is 15.5 Å². The summed E-state index contributed by atoms with van der Waals surface area (Å²) >= 11 is 0. The van der Waals surface area contributed by atoms with Gasteiger partial charge in [0.25, 0.3) is 0 Å². The van der Waals surface area contributed by atoms with Crippen LogP contribution in [0.1, 0.15) is 35.1 Å². The molecule has 148 valence electrons. The Balaban J connectivity index is 1.67. The number of benzene rings is 2. The lowest BCUT2D eigenvalue weighted by atomic mass is 9.92. The highest BCUT2D eigenvalue weighted by Gasteiger charge is 2.25. The normalized spacial score (nSPS) is 16.0. The maximum Gasteiger partial charge on any atom is 0.184 e. The number of hydrogen-bond donors (Lipinski definition) is 0. The van der Waals surface area contributed by atoms with Crippen molar-refractivity contribution in [2.75, 3.05) is 26.5 Å². The number of nitrogens with zero attached hydrogens (tertiary/aromatic N) is 1. The van der Waals surface area contributed by atoms with Crippen LogP contribution >= 0.6 is 0 Å². The number of sulfone groups is 1. The predicted molar refractivity (Wildman–Crippen MR) is 110 cm³/mol. The van der Waals surface area contributed by atoms with Crippen LogP contribution in [0.3, 0.4) is 0 Å². The highest BCUT2D eigenvalue weighted by Crippen LogP contribution is 2.33. The molecule has 0 atom stereocenters. The highest BCUT2D eigenvalue weighted by molar-refractivity contribution is 7.92. The topological polar surface area (TPSA) is 65.0 Å². The Morgan fingerprint density at radius 1 is 0.893 bits per heavy atom. The molecule has 1 heterocycles. The summed E-state index contributed by atoms with van der Waals surface area (Å²) in [4.78, 5) is 4.93. The molecule has 0 aromatic heterocycles. The van der Waals surface area contributed by atoms with Crippen molar-refractivity contribution < 1.29 is 17.9 Å². The van der Waals surface area contributed by atoms with Gasteiger partial charge in [-0.25, -0.2) is 8.42 Å². The number of rotatable bonds is 5. The van der Waals surface area contributed by atoms with Gasteiger partial charge < -0.3 is 9.47 Å². The molecule has 2 aromatic rings. The van der Waals surface area contributed by atoms with Crippen LogP contribution in [0.2, 0.25) is 0 Å². The number of aliphatic imine (C=N–C) groups is 1. The smallest absolute Gasteiger partial charge is 0.184 e. The predicted octanol–water partition coefficient (Wildman–Crippen LogP) is 3.40. The molecule has 1 aliphatic heterocycles. The van der Waals surface area contributed by atoms with Crippen LogP contribution < -0.4 is 9.47 Å². The third kappa shape index (κ3) is 3.53. The summed E-state index contributed by atoms with van der Waals surface area (Å²) in [6.07, 6.45) is 5.06. The summed E-state index contributed by atoms with van der Waals surface area (Å²) in [6.45, 7) is 0.581. The molecule has 5 nitrogen and oxygen atoms in total. The number of ether oxygens (including phenoxy) is 2. The monoisotopic (exact) mass is 399 g/mol. The van der Waals surface area contributed by atoms with Gasteiger partial charge in [-0.05, 0) is 73.1 Å². The van der Waals surface area contributed by atoms with E-state index in [4.69, 9.17) is 9.47 Å². The second-order valence-electron chi connectivity index (χ2n) is 7.34. The van der Waals surface area contributed by atoms with Crippen molar-refractivity contribution in [1.29, 1.82) is 0 Å². The van der Waals surface area contributed by atoms with Gasteiger partial charge in [-0.3, -0.25) is 4.99 Å². The van der Waals surface area contributed by atoms with E-state index in [9.17, 15) is 8.42 Å².